The summed E-state index contributed by atoms with van der Waals surface area (Å²) in [6.45, 7) is 1.41. The van der Waals surface area contributed by atoms with E-state index in [4.69, 9.17) is 21.1 Å². The zero-order valence-electron chi connectivity index (χ0n) is 17.8. The lowest BCUT2D eigenvalue weighted by atomic mass is 10.2. The first-order chi connectivity index (χ1) is 15.2. The molecule has 0 aliphatic heterocycles. The van der Waals surface area contributed by atoms with Crippen LogP contribution in [0.15, 0.2) is 71.6 Å². The van der Waals surface area contributed by atoms with Gasteiger partial charge in [0.2, 0.25) is 5.91 Å². The van der Waals surface area contributed by atoms with Crippen LogP contribution in [0.3, 0.4) is 0 Å². The number of carbonyl (C=O) groups is 1. The monoisotopic (exact) mass is 474 g/mol. The van der Waals surface area contributed by atoms with E-state index in [1.807, 2.05) is 6.92 Å². The molecule has 3 aromatic rings. The molecule has 0 aliphatic carbocycles. The molecule has 168 valence electrons. The van der Waals surface area contributed by atoms with Crippen molar-refractivity contribution in [3.05, 3.63) is 77.3 Å². The first-order valence-corrected chi connectivity index (χ1v) is 11.4. The van der Waals surface area contributed by atoms with Gasteiger partial charge in [0.1, 0.15) is 18.0 Å². The van der Waals surface area contributed by atoms with E-state index >= 15 is 0 Å². The molecule has 1 N–H and O–H groups in total. The molecule has 3 aromatic carbocycles. The molecule has 0 fully saturated rings. The van der Waals surface area contributed by atoms with Crippen molar-refractivity contribution >= 4 is 38.9 Å². The van der Waals surface area contributed by atoms with Crippen molar-refractivity contribution in [2.75, 3.05) is 30.4 Å². The number of methoxy groups -OCH3 is 2. The second-order valence-corrected chi connectivity index (χ2v) is 9.19. The molecule has 0 bridgehead atoms. The number of sulfonamides is 1. The topological polar surface area (TPSA) is 84.9 Å². The molecule has 0 atom stereocenters. The zero-order valence-corrected chi connectivity index (χ0v) is 19.4. The third-order valence-electron chi connectivity index (χ3n) is 4.67. The number of anilines is 2. The number of hydrogen-bond acceptors (Lipinski definition) is 5. The first-order valence-electron chi connectivity index (χ1n) is 9.61. The molecule has 0 heterocycles. The van der Waals surface area contributed by atoms with E-state index in [1.165, 1.54) is 32.4 Å². The highest BCUT2D eigenvalue weighted by Gasteiger charge is 2.27. The van der Waals surface area contributed by atoms with Crippen molar-refractivity contribution in [1.29, 1.82) is 0 Å². The van der Waals surface area contributed by atoms with Gasteiger partial charge in [0, 0.05) is 11.8 Å². The number of nitrogens with one attached hydrogen (secondary N) is 1. The van der Waals surface area contributed by atoms with Gasteiger partial charge >= 0.3 is 0 Å². The van der Waals surface area contributed by atoms with Gasteiger partial charge in [-0.2, -0.15) is 0 Å². The molecule has 0 aromatic heterocycles. The molecule has 1 amide bonds. The predicted molar refractivity (Wildman–Crippen MR) is 125 cm³/mol. The normalized spacial score (nSPS) is 11.0. The van der Waals surface area contributed by atoms with E-state index in [9.17, 15) is 13.2 Å². The van der Waals surface area contributed by atoms with Crippen LogP contribution < -0.4 is 19.1 Å². The molecule has 0 saturated heterocycles. The average molecular weight is 475 g/mol. The maximum absolute atomic E-state index is 13.4. The van der Waals surface area contributed by atoms with E-state index in [1.54, 1.807) is 48.5 Å². The van der Waals surface area contributed by atoms with Crippen molar-refractivity contribution in [3.63, 3.8) is 0 Å². The predicted octanol–water partition coefficient (Wildman–Crippen LogP) is 4.50. The molecule has 7 nitrogen and oxygen atoms in total. The third-order valence-corrected chi connectivity index (χ3v) is 6.76. The van der Waals surface area contributed by atoms with Crippen LogP contribution in [0, 0.1) is 6.92 Å². The van der Waals surface area contributed by atoms with Crippen molar-refractivity contribution in [2.45, 2.75) is 11.8 Å². The van der Waals surface area contributed by atoms with Crippen LogP contribution in [0.4, 0.5) is 11.4 Å². The summed E-state index contributed by atoms with van der Waals surface area (Å²) in [4.78, 5) is 12.9. The summed E-state index contributed by atoms with van der Waals surface area (Å²) in [5.74, 6) is 0.392. The van der Waals surface area contributed by atoms with Crippen LogP contribution >= 0.6 is 11.6 Å². The fourth-order valence-electron chi connectivity index (χ4n) is 2.99. The molecule has 3 rings (SSSR count). The smallest absolute Gasteiger partial charge is 0.264 e. The van der Waals surface area contributed by atoms with E-state index in [0.717, 1.165) is 9.87 Å². The summed E-state index contributed by atoms with van der Waals surface area (Å²) in [6, 6.07) is 17.7. The van der Waals surface area contributed by atoms with Crippen molar-refractivity contribution in [1.82, 2.24) is 0 Å². The lowest BCUT2D eigenvalue weighted by Crippen LogP contribution is -2.38. The third kappa shape index (κ3) is 5.33. The Morgan fingerprint density at radius 2 is 1.72 bits per heavy atom. The molecule has 32 heavy (non-hydrogen) atoms. The highest BCUT2D eigenvalue weighted by molar-refractivity contribution is 7.92. The second-order valence-electron chi connectivity index (χ2n) is 6.92. The lowest BCUT2D eigenvalue weighted by molar-refractivity contribution is -0.114. The fourth-order valence-corrected chi connectivity index (χ4v) is 4.66. The van der Waals surface area contributed by atoms with Crippen molar-refractivity contribution in [3.8, 4) is 11.5 Å². The molecule has 0 unspecified atom stereocenters. The Hall–Kier alpha value is -3.23. The Morgan fingerprint density at radius 3 is 2.34 bits per heavy atom. The summed E-state index contributed by atoms with van der Waals surface area (Å²) in [7, 11) is -1.06. The minimum absolute atomic E-state index is 0.0752. The number of rotatable bonds is 8. The number of amides is 1. The second kappa shape index (κ2) is 9.93. The Bertz CT molecular complexity index is 1210. The minimum Gasteiger partial charge on any atom is -0.497 e. The van der Waals surface area contributed by atoms with E-state index in [-0.39, 0.29) is 4.90 Å². The molecule has 0 saturated carbocycles. The first kappa shape index (κ1) is 23.4. The SMILES string of the molecule is COc1cccc(N(CC(=O)Nc2ccc(OC)c(Cl)c2)S(=O)(=O)c2ccc(C)cc2)c1. The lowest BCUT2D eigenvalue weighted by Gasteiger charge is -2.24. The number of hydrogen-bond donors (Lipinski definition) is 1. The maximum atomic E-state index is 13.4. The van der Waals surface area contributed by atoms with Crippen LogP contribution in [-0.4, -0.2) is 35.1 Å². The summed E-state index contributed by atoms with van der Waals surface area (Å²) in [5.41, 5.74) is 1.64. The Morgan fingerprint density at radius 1 is 1.00 bits per heavy atom. The fraction of sp³-hybridized carbons (Fsp3) is 0.174. The number of carbonyl (C=O) groups excluding carboxylic acids is 1. The number of halogens is 1. The Kier molecular flexibility index (Phi) is 7.27. The van der Waals surface area contributed by atoms with Crippen LogP contribution in [0.1, 0.15) is 5.56 Å². The highest BCUT2D eigenvalue weighted by atomic mass is 35.5. The van der Waals surface area contributed by atoms with Crippen LogP contribution in [0.5, 0.6) is 11.5 Å². The van der Waals surface area contributed by atoms with Crippen LogP contribution in [0.25, 0.3) is 0 Å². The number of ether oxygens (including phenoxy) is 2. The van der Waals surface area contributed by atoms with Gasteiger partial charge in [0.25, 0.3) is 10.0 Å². The van der Waals surface area contributed by atoms with Gasteiger partial charge in [-0.05, 0) is 49.4 Å². The molecular formula is C23H23ClN2O5S. The number of nitrogens with zero attached hydrogens (tertiary/aromatic N) is 1. The van der Waals surface area contributed by atoms with Gasteiger partial charge in [-0.15, -0.1) is 0 Å². The van der Waals surface area contributed by atoms with Gasteiger partial charge in [-0.25, -0.2) is 8.42 Å². The Balaban J connectivity index is 1.94. The Labute approximate surface area is 192 Å². The molecule has 0 spiro atoms. The highest BCUT2D eigenvalue weighted by Crippen LogP contribution is 2.29. The molecular weight excluding hydrogens is 452 g/mol. The van der Waals surface area contributed by atoms with E-state index in [2.05, 4.69) is 5.32 Å². The average Bonchev–Trinajstić information content (AvgIpc) is 2.78. The standard InChI is InChI=1S/C23H23ClN2O5S/c1-16-7-10-20(11-8-16)32(28,29)26(18-5-4-6-19(14-18)30-2)15-23(27)25-17-9-12-22(31-3)21(24)13-17/h4-14H,15H2,1-3H3,(H,25,27). The largest absolute Gasteiger partial charge is 0.497 e. The maximum Gasteiger partial charge on any atom is 0.264 e. The summed E-state index contributed by atoms with van der Waals surface area (Å²) in [5, 5.41) is 3.00. The van der Waals surface area contributed by atoms with Crippen LogP contribution in [-0.2, 0) is 14.8 Å². The van der Waals surface area contributed by atoms with Gasteiger partial charge < -0.3 is 14.8 Å². The van der Waals surface area contributed by atoms with Crippen molar-refractivity contribution < 1.29 is 22.7 Å². The molecule has 0 radical (unpaired) electrons. The van der Waals surface area contributed by atoms with Crippen LogP contribution in [0.2, 0.25) is 5.02 Å². The quantitative estimate of drug-likeness (QED) is 0.519. The van der Waals surface area contributed by atoms with Gasteiger partial charge in [-0.3, -0.25) is 9.10 Å². The molecule has 0 aliphatic rings. The van der Waals surface area contributed by atoms with E-state index < -0.39 is 22.5 Å². The van der Waals surface area contributed by atoms with Crippen molar-refractivity contribution in [2.24, 2.45) is 0 Å². The van der Waals surface area contributed by atoms with E-state index in [0.29, 0.717) is 27.9 Å². The number of aryl methyl sites for hydroxylation is 1. The zero-order chi connectivity index (χ0) is 23.3. The summed E-state index contributed by atoms with van der Waals surface area (Å²) < 4.78 is 38.2. The minimum atomic E-state index is -4.03. The summed E-state index contributed by atoms with van der Waals surface area (Å²) in [6.07, 6.45) is 0. The number of benzene rings is 3. The van der Waals surface area contributed by atoms with Gasteiger partial charge in [-0.1, -0.05) is 35.4 Å². The van der Waals surface area contributed by atoms with Gasteiger partial charge in [0.15, 0.2) is 0 Å². The summed E-state index contributed by atoms with van der Waals surface area (Å²) >= 11 is 6.12. The molecule has 9 heteroatoms. The van der Waals surface area contributed by atoms with Gasteiger partial charge in [0.05, 0.1) is 29.8 Å².